The van der Waals surface area contributed by atoms with Crippen molar-refractivity contribution < 1.29 is 19.1 Å². The number of carbonyl (C=O) groups excluding carboxylic acids is 1. The molecule has 1 amide bonds. The maximum absolute atomic E-state index is 14.5. The standard InChI is InChI=1S/C38H43N5O3S/c1-23-6-4-7-24(2)35(23)30(39)15-34(40)45-22-28(20-38-17-25(18-38)19-38)43(36(44)26-8-5-9-29(14-26)47-41)21-27-10-11-32-31(42-27)16-33(46-32)37(3)12-13-37/h4-11,14-16,25,28,40H,12-13,17-22,39,41H2,1-3H3/p+1/b30-15-,40-34?/t25?,28-,38?/m1/s1. The number of hydrogen-bond acceptors (Lipinski definition) is 7. The van der Waals surface area contributed by atoms with E-state index in [1.807, 2.05) is 73.3 Å². The molecule has 0 unspecified atom stereocenters. The second-order valence-electron chi connectivity index (χ2n) is 14.3. The van der Waals surface area contributed by atoms with Gasteiger partial charge in [-0.25, -0.2) is 4.98 Å². The Hall–Kier alpha value is -4.08. The first-order chi connectivity index (χ1) is 22.5. The summed E-state index contributed by atoms with van der Waals surface area (Å²) in [5, 5.41) is 12.7. The van der Waals surface area contributed by atoms with Crippen molar-refractivity contribution in [2.75, 3.05) is 6.61 Å². The number of amides is 1. The van der Waals surface area contributed by atoms with E-state index in [-0.39, 0.29) is 35.3 Å². The summed E-state index contributed by atoms with van der Waals surface area (Å²) in [7, 11) is 0. The molecule has 4 aliphatic carbocycles. The van der Waals surface area contributed by atoms with Crippen LogP contribution in [0.3, 0.4) is 0 Å². The molecule has 0 radical (unpaired) electrons. The first kappa shape index (κ1) is 31.5. The highest BCUT2D eigenvalue weighted by atomic mass is 32.2. The molecule has 0 spiro atoms. The molecule has 4 saturated carbocycles. The molecule has 6 N–H and O–H groups in total. The number of fused-ring (bicyclic) bond motifs is 1. The number of furan rings is 1. The molecular formula is C38H44N5O3S+. The van der Waals surface area contributed by atoms with Crippen LogP contribution in [0.5, 0.6) is 0 Å². The lowest BCUT2D eigenvalue weighted by Gasteiger charge is -2.63. The number of pyridine rings is 1. The molecule has 2 aromatic heterocycles. The lowest BCUT2D eigenvalue weighted by atomic mass is 9.43. The molecule has 0 aliphatic heterocycles. The molecule has 4 aliphatic rings. The van der Waals surface area contributed by atoms with Crippen LogP contribution in [0.15, 0.2) is 76.1 Å². The third-order valence-electron chi connectivity index (χ3n) is 10.6. The van der Waals surface area contributed by atoms with Crippen LogP contribution in [0.4, 0.5) is 0 Å². The Bertz CT molecular complexity index is 1860. The summed E-state index contributed by atoms with van der Waals surface area (Å²) in [5.74, 6) is 1.68. The molecule has 4 fully saturated rings. The summed E-state index contributed by atoms with van der Waals surface area (Å²) in [6.45, 7) is 6.76. The number of hydrogen-bond donors (Lipinski definition) is 3. The van der Waals surface area contributed by atoms with Crippen LogP contribution in [0.25, 0.3) is 16.8 Å². The molecule has 1 atom stereocenters. The van der Waals surface area contributed by atoms with Crippen molar-refractivity contribution in [1.29, 1.82) is 5.41 Å². The van der Waals surface area contributed by atoms with E-state index < -0.39 is 0 Å². The smallest absolute Gasteiger partial charge is 0.254 e. The fourth-order valence-electron chi connectivity index (χ4n) is 7.59. The number of nitrogens with zero attached hydrogens (tertiary/aromatic N) is 2. The van der Waals surface area contributed by atoms with Crippen LogP contribution in [0, 0.1) is 30.6 Å². The van der Waals surface area contributed by atoms with Crippen molar-refractivity contribution in [3.8, 4) is 0 Å². The Morgan fingerprint density at radius 1 is 1.15 bits per heavy atom. The van der Waals surface area contributed by atoms with Crippen molar-refractivity contribution in [2.45, 2.75) is 82.2 Å². The number of aromatic nitrogens is 1. The number of quaternary nitrogens is 1. The third kappa shape index (κ3) is 6.31. The Morgan fingerprint density at radius 2 is 1.87 bits per heavy atom. The van der Waals surface area contributed by atoms with Crippen LogP contribution in [-0.4, -0.2) is 34.3 Å². The van der Waals surface area contributed by atoms with E-state index in [1.54, 1.807) is 6.08 Å². The minimum atomic E-state index is -0.266. The first-order valence-corrected chi connectivity index (χ1v) is 17.5. The monoisotopic (exact) mass is 650 g/mol. The van der Waals surface area contributed by atoms with Gasteiger partial charge in [0, 0.05) is 34.4 Å². The van der Waals surface area contributed by atoms with E-state index in [0.29, 0.717) is 17.8 Å². The number of nitrogens with two attached hydrogens (primary N) is 1. The highest BCUT2D eigenvalue weighted by Gasteiger charge is 2.57. The quantitative estimate of drug-likeness (QED) is 0.0864. The van der Waals surface area contributed by atoms with Gasteiger partial charge in [-0.3, -0.25) is 15.3 Å². The van der Waals surface area contributed by atoms with Gasteiger partial charge in [0.1, 0.15) is 29.8 Å². The second kappa shape index (κ2) is 12.2. The van der Waals surface area contributed by atoms with E-state index in [9.17, 15) is 4.79 Å². The first-order valence-electron chi connectivity index (χ1n) is 16.5. The van der Waals surface area contributed by atoms with Gasteiger partial charge in [0.15, 0.2) is 5.58 Å². The van der Waals surface area contributed by atoms with Gasteiger partial charge in [0.2, 0.25) is 5.90 Å². The minimum Gasteiger partial charge on any atom is -0.476 e. The summed E-state index contributed by atoms with van der Waals surface area (Å²) in [5.41, 5.74) is 13.3. The molecule has 8 nitrogen and oxygen atoms in total. The van der Waals surface area contributed by atoms with E-state index in [0.717, 1.165) is 69.3 Å². The SMILES string of the molecule is Cc1cccc(C)c1/C(N)=C/C(=N)OC[C@@H](CC12CC(C1)C2)N(Cc1ccc2oc(C3(C)CC3)cc2n1)C(=O)c1cccc(S[NH3+])c1. The normalized spacial score (nSPS) is 21.4. The van der Waals surface area contributed by atoms with Gasteiger partial charge in [-0.1, -0.05) is 31.2 Å². The van der Waals surface area contributed by atoms with Gasteiger partial charge >= 0.3 is 0 Å². The highest BCUT2D eigenvalue weighted by molar-refractivity contribution is 7.92. The predicted octanol–water partition coefficient (Wildman–Crippen LogP) is 6.94. The van der Waals surface area contributed by atoms with Crippen LogP contribution in [-0.2, 0) is 16.7 Å². The molecule has 9 heteroatoms. The lowest BCUT2D eigenvalue weighted by molar-refractivity contribution is -0.137. The molecular weight excluding hydrogens is 607 g/mol. The molecule has 2 aromatic carbocycles. The van der Waals surface area contributed by atoms with Crippen molar-refractivity contribution in [1.82, 2.24) is 9.88 Å². The summed E-state index contributed by atoms with van der Waals surface area (Å²) in [6, 6.07) is 19.4. The predicted molar refractivity (Wildman–Crippen MR) is 186 cm³/mol. The zero-order chi connectivity index (χ0) is 32.9. The Morgan fingerprint density at radius 3 is 2.53 bits per heavy atom. The number of nitrogens with one attached hydrogen (secondary N) is 1. The average Bonchev–Trinajstić information content (AvgIpc) is 3.61. The van der Waals surface area contributed by atoms with Gasteiger partial charge in [0.05, 0.1) is 23.2 Å². The van der Waals surface area contributed by atoms with Crippen LogP contribution in [0.2, 0.25) is 0 Å². The number of benzene rings is 2. The largest absolute Gasteiger partial charge is 0.476 e. The van der Waals surface area contributed by atoms with Gasteiger partial charge in [-0.05, 0) is 105 Å². The topological polar surface area (TPSA) is 133 Å². The van der Waals surface area contributed by atoms with Gasteiger partial charge < -0.3 is 19.8 Å². The second-order valence-corrected chi connectivity index (χ2v) is 15.1. The van der Waals surface area contributed by atoms with Crippen LogP contribution < -0.4 is 10.9 Å². The molecule has 2 heterocycles. The number of carbonyl (C=O) groups is 1. The molecule has 244 valence electrons. The van der Waals surface area contributed by atoms with Gasteiger partial charge in [-0.15, -0.1) is 0 Å². The molecule has 4 aromatic rings. The maximum Gasteiger partial charge on any atom is 0.254 e. The number of aryl methyl sites for hydroxylation is 2. The third-order valence-corrected chi connectivity index (χ3v) is 11.2. The van der Waals surface area contributed by atoms with E-state index in [2.05, 4.69) is 18.1 Å². The maximum atomic E-state index is 14.5. The molecule has 0 saturated heterocycles. The lowest BCUT2D eigenvalue weighted by Crippen LogP contribution is -2.56. The summed E-state index contributed by atoms with van der Waals surface area (Å²) >= 11 is 1.37. The summed E-state index contributed by atoms with van der Waals surface area (Å²) in [6.07, 6.45) is 8.22. The van der Waals surface area contributed by atoms with Gasteiger partial charge in [0.25, 0.3) is 5.91 Å². The highest BCUT2D eigenvalue weighted by Crippen LogP contribution is 2.66. The molecule has 2 bridgehead atoms. The van der Waals surface area contributed by atoms with E-state index in [4.69, 9.17) is 25.3 Å². The number of rotatable bonds is 12. The summed E-state index contributed by atoms with van der Waals surface area (Å²) < 4.78 is 12.3. The fourth-order valence-corrected chi connectivity index (χ4v) is 7.97. The van der Waals surface area contributed by atoms with Crippen molar-refractivity contribution >= 4 is 40.5 Å². The van der Waals surface area contributed by atoms with Crippen molar-refractivity contribution in [2.24, 2.45) is 17.1 Å². The van der Waals surface area contributed by atoms with Gasteiger partial charge in [-0.2, -0.15) is 0 Å². The van der Waals surface area contributed by atoms with Crippen LogP contribution in [0.1, 0.15) is 84.0 Å². The average molecular weight is 651 g/mol. The Kier molecular flexibility index (Phi) is 8.17. The van der Waals surface area contributed by atoms with Crippen molar-refractivity contribution in [3.63, 3.8) is 0 Å². The van der Waals surface area contributed by atoms with E-state index >= 15 is 0 Å². The summed E-state index contributed by atoms with van der Waals surface area (Å²) in [4.78, 5) is 22.3. The fraction of sp³-hybridized carbons (Fsp3) is 0.395. The Labute approximate surface area is 280 Å². The minimum absolute atomic E-state index is 0.0188. The van der Waals surface area contributed by atoms with E-state index in [1.165, 1.54) is 31.2 Å². The Balaban J connectivity index is 1.19. The molecule has 8 rings (SSSR count). The molecule has 47 heavy (non-hydrogen) atoms. The zero-order valence-corrected chi connectivity index (χ0v) is 28.3. The van der Waals surface area contributed by atoms with Crippen LogP contribution >= 0.6 is 11.9 Å². The zero-order valence-electron chi connectivity index (χ0n) is 27.5. The number of ether oxygens (including phenoxy) is 1. The van der Waals surface area contributed by atoms with Crippen molar-refractivity contribution in [3.05, 3.63) is 100 Å².